The minimum atomic E-state index is -0.793. The standard InChI is InChI=1S/C19H24FN3O3/c1-22(13-19(24)25)16-6-3-8-23(9-7-16)12-18-21-11-17(26-18)14-4-2-5-15(20)10-14/h2,4-5,10-11,16H,3,6-9,12-13H2,1H3,(H,24,25). The molecule has 1 atom stereocenters. The Morgan fingerprint density at radius 3 is 3.04 bits per heavy atom. The molecule has 1 unspecified atom stereocenters. The van der Waals surface area contributed by atoms with Gasteiger partial charge in [-0.15, -0.1) is 0 Å². The number of aromatic nitrogens is 1. The smallest absolute Gasteiger partial charge is 0.317 e. The molecule has 1 aliphatic heterocycles. The van der Waals surface area contributed by atoms with Crippen LogP contribution in [0.4, 0.5) is 4.39 Å². The third-order valence-corrected chi connectivity index (χ3v) is 4.82. The Morgan fingerprint density at radius 2 is 2.27 bits per heavy atom. The molecule has 6 nitrogen and oxygen atoms in total. The molecule has 3 rings (SSSR count). The number of carboxylic acids is 1. The fraction of sp³-hybridized carbons (Fsp3) is 0.474. The first kappa shape index (κ1) is 18.5. The summed E-state index contributed by atoms with van der Waals surface area (Å²) in [5.74, 6) is 0.0812. The molecule has 0 spiro atoms. The first-order valence-corrected chi connectivity index (χ1v) is 8.86. The fourth-order valence-electron chi connectivity index (χ4n) is 3.43. The van der Waals surface area contributed by atoms with Crippen LogP contribution in [0.5, 0.6) is 0 Å². The van der Waals surface area contributed by atoms with Gasteiger partial charge < -0.3 is 9.52 Å². The minimum absolute atomic E-state index is 0.0708. The number of carboxylic acid groups (broad SMARTS) is 1. The highest BCUT2D eigenvalue weighted by atomic mass is 19.1. The molecule has 2 aromatic rings. The third-order valence-electron chi connectivity index (χ3n) is 4.82. The molecular weight excluding hydrogens is 337 g/mol. The Morgan fingerprint density at radius 1 is 1.42 bits per heavy atom. The molecule has 0 radical (unpaired) electrons. The van der Waals surface area contributed by atoms with Crippen LogP contribution in [0.2, 0.25) is 0 Å². The summed E-state index contributed by atoms with van der Waals surface area (Å²) in [7, 11) is 1.87. The summed E-state index contributed by atoms with van der Waals surface area (Å²) in [6.45, 7) is 2.47. The molecule has 2 heterocycles. The summed E-state index contributed by atoms with van der Waals surface area (Å²) < 4.78 is 19.1. The Hall–Kier alpha value is -2.25. The molecule has 1 N–H and O–H groups in total. The first-order valence-electron chi connectivity index (χ1n) is 8.86. The third kappa shape index (κ3) is 4.89. The van der Waals surface area contributed by atoms with Crippen LogP contribution in [0.15, 0.2) is 34.9 Å². The van der Waals surface area contributed by atoms with Crippen molar-refractivity contribution in [2.75, 3.05) is 26.7 Å². The quantitative estimate of drug-likeness (QED) is 0.853. The lowest BCUT2D eigenvalue weighted by Gasteiger charge is -2.25. The van der Waals surface area contributed by atoms with E-state index in [1.165, 1.54) is 12.1 Å². The summed E-state index contributed by atoms with van der Waals surface area (Å²) in [6.07, 6.45) is 4.54. The second-order valence-corrected chi connectivity index (χ2v) is 6.80. The predicted octanol–water partition coefficient (Wildman–Crippen LogP) is 2.85. The minimum Gasteiger partial charge on any atom is -0.480 e. The summed E-state index contributed by atoms with van der Waals surface area (Å²) in [4.78, 5) is 19.4. The number of hydrogen-bond donors (Lipinski definition) is 1. The molecule has 1 aliphatic rings. The van der Waals surface area contributed by atoms with Crippen LogP contribution in [0.1, 0.15) is 25.2 Å². The highest BCUT2D eigenvalue weighted by molar-refractivity contribution is 5.69. The van der Waals surface area contributed by atoms with E-state index in [1.54, 1.807) is 18.3 Å². The van der Waals surface area contributed by atoms with Gasteiger partial charge in [0.25, 0.3) is 0 Å². The molecule has 1 aromatic heterocycles. The van der Waals surface area contributed by atoms with E-state index in [0.717, 1.165) is 32.4 Å². The molecule has 140 valence electrons. The lowest BCUT2D eigenvalue weighted by Crippen LogP contribution is -2.36. The predicted molar refractivity (Wildman–Crippen MR) is 95.1 cm³/mol. The van der Waals surface area contributed by atoms with Crippen molar-refractivity contribution in [3.8, 4) is 11.3 Å². The van der Waals surface area contributed by atoms with Gasteiger partial charge in [-0.1, -0.05) is 12.1 Å². The topological polar surface area (TPSA) is 69.8 Å². The number of rotatable bonds is 6. The summed E-state index contributed by atoms with van der Waals surface area (Å²) >= 11 is 0. The largest absolute Gasteiger partial charge is 0.480 e. The van der Waals surface area contributed by atoms with Crippen molar-refractivity contribution < 1.29 is 18.7 Å². The molecule has 0 saturated carbocycles. The van der Waals surface area contributed by atoms with Crippen LogP contribution in [0, 0.1) is 5.82 Å². The number of likely N-dealkylation sites (N-methyl/N-ethyl adjacent to an activating group) is 1. The maximum atomic E-state index is 13.3. The molecule has 1 saturated heterocycles. The van der Waals surface area contributed by atoms with E-state index in [1.807, 2.05) is 11.9 Å². The second-order valence-electron chi connectivity index (χ2n) is 6.80. The van der Waals surface area contributed by atoms with Crippen molar-refractivity contribution in [3.05, 3.63) is 42.2 Å². The Balaban J connectivity index is 1.57. The average Bonchev–Trinajstić information content (AvgIpc) is 2.92. The number of likely N-dealkylation sites (tertiary alicyclic amines) is 1. The molecule has 7 heteroatoms. The monoisotopic (exact) mass is 361 g/mol. The molecular formula is C19H24FN3O3. The number of hydrogen-bond acceptors (Lipinski definition) is 5. The normalized spacial score (nSPS) is 18.8. The zero-order valence-electron chi connectivity index (χ0n) is 14.9. The Kier molecular flexibility index (Phi) is 6.00. The van der Waals surface area contributed by atoms with Crippen molar-refractivity contribution in [2.45, 2.75) is 31.8 Å². The summed E-state index contributed by atoms with van der Waals surface area (Å²) in [5.41, 5.74) is 0.676. The van der Waals surface area contributed by atoms with Crippen molar-refractivity contribution in [1.82, 2.24) is 14.8 Å². The van der Waals surface area contributed by atoms with Crippen LogP contribution in [-0.4, -0.2) is 58.6 Å². The fourth-order valence-corrected chi connectivity index (χ4v) is 3.43. The number of nitrogens with zero attached hydrogens (tertiary/aromatic N) is 3. The Bertz CT molecular complexity index is 749. The van der Waals surface area contributed by atoms with Gasteiger partial charge in [0, 0.05) is 18.2 Å². The maximum absolute atomic E-state index is 13.3. The molecule has 0 aliphatic carbocycles. The SMILES string of the molecule is CN(CC(=O)O)C1CCCN(Cc2ncc(-c3cccc(F)c3)o2)CC1. The first-order chi connectivity index (χ1) is 12.5. The van der Waals surface area contributed by atoms with Gasteiger partial charge in [0.2, 0.25) is 5.89 Å². The zero-order valence-corrected chi connectivity index (χ0v) is 14.9. The van der Waals surface area contributed by atoms with E-state index in [9.17, 15) is 9.18 Å². The van der Waals surface area contributed by atoms with Crippen molar-refractivity contribution in [3.63, 3.8) is 0 Å². The van der Waals surface area contributed by atoms with E-state index in [0.29, 0.717) is 23.8 Å². The van der Waals surface area contributed by atoms with Gasteiger partial charge >= 0.3 is 5.97 Å². The second kappa shape index (κ2) is 8.42. The highest BCUT2D eigenvalue weighted by Crippen LogP contribution is 2.23. The number of carbonyl (C=O) groups is 1. The van der Waals surface area contributed by atoms with Crippen LogP contribution < -0.4 is 0 Å². The van der Waals surface area contributed by atoms with Gasteiger partial charge in [-0.3, -0.25) is 14.6 Å². The summed E-state index contributed by atoms with van der Waals surface area (Å²) in [6, 6.07) is 6.55. The Labute approximate surface area is 152 Å². The van der Waals surface area contributed by atoms with E-state index in [-0.39, 0.29) is 18.4 Å². The van der Waals surface area contributed by atoms with Crippen LogP contribution in [0.25, 0.3) is 11.3 Å². The summed E-state index contributed by atoms with van der Waals surface area (Å²) in [5, 5.41) is 8.95. The van der Waals surface area contributed by atoms with Gasteiger partial charge in [-0.05, 0) is 45.0 Å². The van der Waals surface area contributed by atoms with Crippen molar-refractivity contribution in [2.24, 2.45) is 0 Å². The zero-order chi connectivity index (χ0) is 18.5. The van der Waals surface area contributed by atoms with Crippen molar-refractivity contribution in [1.29, 1.82) is 0 Å². The number of aliphatic carboxylic acids is 1. The van der Waals surface area contributed by atoms with Gasteiger partial charge in [-0.25, -0.2) is 9.37 Å². The number of halogens is 1. The highest BCUT2D eigenvalue weighted by Gasteiger charge is 2.22. The van der Waals surface area contributed by atoms with E-state index in [2.05, 4.69) is 9.88 Å². The van der Waals surface area contributed by atoms with E-state index in [4.69, 9.17) is 9.52 Å². The van der Waals surface area contributed by atoms with Gasteiger partial charge in [-0.2, -0.15) is 0 Å². The van der Waals surface area contributed by atoms with Gasteiger partial charge in [0.1, 0.15) is 5.82 Å². The van der Waals surface area contributed by atoms with E-state index < -0.39 is 5.97 Å². The molecule has 0 amide bonds. The van der Waals surface area contributed by atoms with Gasteiger partial charge in [0.05, 0.1) is 19.3 Å². The molecule has 26 heavy (non-hydrogen) atoms. The van der Waals surface area contributed by atoms with Crippen LogP contribution >= 0.6 is 0 Å². The number of benzene rings is 1. The van der Waals surface area contributed by atoms with E-state index >= 15 is 0 Å². The lowest BCUT2D eigenvalue weighted by molar-refractivity contribution is -0.138. The van der Waals surface area contributed by atoms with Crippen molar-refractivity contribution >= 4 is 5.97 Å². The lowest BCUT2D eigenvalue weighted by atomic mass is 10.1. The maximum Gasteiger partial charge on any atom is 0.317 e. The molecule has 1 aromatic carbocycles. The molecule has 0 bridgehead atoms. The number of oxazole rings is 1. The molecule has 1 fully saturated rings. The average molecular weight is 361 g/mol. The van der Waals surface area contributed by atoms with Crippen LogP contribution in [-0.2, 0) is 11.3 Å². The van der Waals surface area contributed by atoms with Gasteiger partial charge in [0.15, 0.2) is 5.76 Å². The van der Waals surface area contributed by atoms with Crippen LogP contribution in [0.3, 0.4) is 0 Å².